The van der Waals surface area contributed by atoms with Crippen molar-refractivity contribution in [3.8, 4) is 5.75 Å². The van der Waals surface area contributed by atoms with Crippen LogP contribution in [0.25, 0.3) is 0 Å². The number of carbonyl (C=O) groups excluding carboxylic acids is 3. The maximum Gasteiger partial charge on any atom is 0.325 e. The predicted octanol–water partition coefficient (Wildman–Crippen LogP) is 3.13. The van der Waals surface area contributed by atoms with Gasteiger partial charge in [0.05, 0.1) is 7.11 Å². The second kappa shape index (κ2) is 8.93. The van der Waals surface area contributed by atoms with Crippen LogP contribution in [0.2, 0.25) is 10.0 Å². The standard InChI is InChI=1S/C21H21Cl2N3O4/c1-21(14-4-3-5-16(10-14)30-2)19(28)26(20(29)25-21)12-18(27)24-9-8-13-6-7-15(22)11-17(13)23/h3-7,10-11H,8-9,12H2,1-2H3,(H,24,27)(H,25,29)/t21-/m0/s1. The van der Waals surface area contributed by atoms with Crippen LogP contribution < -0.4 is 15.4 Å². The molecule has 3 rings (SSSR count). The maximum absolute atomic E-state index is 12.9. The average molecular weight is 450 g/mol. The van der Waals surface area contributed by atoms with Crippen molar-refractivity contribution in [3.63, 3.8) is 0 Å². The minimum Gasteiger partial charge on any atom is -0.497 e. The number of methoxy groups -OCH3 is 1. The molecular weight excluding hydrogens is 429 g/mol. The van der Waals surface area contributed by atoms with E-state index in [1.807, 2.05) is 0 Å². The Labute approximate surface area is 184 Å². The maximum atomic E-state index is 12.9. The molecule has 1 aliphatic rings. The summed E-state index contributed by atoms with van der Waals surface area (Å²) in [6.07, 6.45) is 0.489. The van der Waals surface area contributed by atoms with Crippen LogP contribution in [-0.4, -0.2) is 42.9 Å². The molecule has 158 valence electrons. The molecule has 2 N–H and O–H groups in total. The molecule has 0 aromatic heterocycles. The number of hydrogen-bond acceptors (Lipinski definition) is 4. The van der Waals surface area contributed by atoms with Crippen LogP contribution in [0.3, 0.4) is 0 Å². The minimum absolute atomic E-state index is 0.303. The second-order valence-electron chi connectivity index (χ2n) is 7.01. The smallest absolute Gasteiger partial charge is 0.325 e. The number of ether oxygens (including phenoxy) is 1. The van der Waals surface area contributed by atoms with Gasteiger partial charge in [0.15, 0.2) is 0 Å². The van der Waals surface area contributed by atoms with E-state index in [1.165, 1.54) is 7.11 Å². The van der Waals surface area contributed by atoms with Crippen molar-refractivity contribution in [3.05, 3.63) is 63.6 Å². The number of rotatable bonds is 7. The third kappa shape index (κ3) is 4.52. The molecule has 0 radical (unpaired) electrons. The predicted molar refractivity (Wildman–Crippen MR) is 114 cm³/mol. The summed E-state index contributed by atoms with van der Waals surface area (Å²) in [5, 5.41) is 6.42. The van der Waals surface area contributed by atoms with Crippen LogP contribution in [0.4, 0.5) is 4.79 Å². The molecule has 1 fully saturated rings. The molecule has 0 spiro atoms. The Bertz CT molecular complexity index is 998. The number of hydrogen-bond donors (Lipinski definition) is 2. The number of nitrogens with one attached hydrogen (secondary N) is 2. The van der Waals surface area contributed by atoms with Crippen LogP contribution in [0, 0.1) is 0 Å². The first kappa shape index (κ1) is 21.9. The summed E-state index contributed by atoms with van der Waals surface area (Å²) in [6, 6.07) is 11.4. The van der Waals surface area contributed by atoms with E-state index in [1.54, 1.807) is 49.4 Å². The van der Waals surface area contributed by atoms with Gasteiger partial charge < -0.3 is 15.4 Å². The number of carbonyl (C=O) groups is 3. The van der Waals surface area contributed by atoms with E-state index < -0.39 is 23.4 Å². The summed E-state index contributed by atoms with van der Waals surface area (Å²) in [5.41, 5.74) is 0.130. The Balaban J connectivity index is 1.61. The van der Waals surface area contributed by atoms with Gasteiger partial charge in [0.2, 0.25) is 5.91 Å². The van der Waals surface area contributed by atoms with Gasteiger partial charge in [-0.25, -0.2) is 4.79 Å². The number of imide groups is 1. The van der Waals surface area contributed by atoms with E-state index in [9.17, 15) is 14.4 Å². The molecule has 9 heteroatoms. The van der Waals surface area contributed by atoms with Crippen molar-refractivity contribution >= 4 is 41.0 Å². The molecule has 0 saturated carbocycles. The highest BCUT2D eigenvalue weighted by Gasteiger charge is 2.49. The first-order valence-corrected chi connectivity index (χ1v) is 9.99. The van der Waals surface area contributed by atoms with Gasteiger partial charge >= 0.3 is 6.03 Å². The minimum atomic E-state index is -1.28. The fourth-order valence-corrected chi connectivity index (χ4v) is 3.73. The highest BCUT2D eigenvalue weighted by molar-refractivity contribution is 6.35. The van der Waals surface area contributed by atoms with Gasteiger partial charge in [-0.05, 0) is 48.7 Å². The van der Waals surface area contributed by atoms with Gasteiger partial charge in [-0.2, -0.15) is 0 Å². The zero-order valence-electron chi connectivity index (χ0n) is 16.5. The lowest BCUT2D eigenvalue weighted by Gasteiger charge is -2.22. The van der Waals surface area contributed by atoms with Crippen LogP contribution in [-0.2, 0) is 21.5 Å². The third-order valence-electron chi connectivity index (χ3n) is 4.96. The first-order chi connectivity index (χ1) is 14.2. The average Bonchev–Trinajstić information content (AvgIpc) is 2.93. The van der Waals surface area contributed by atoms with E-state index in [-0.39, 0.29) is 6.54 Å². The Morgan fingerprint density at radius 3 is 2.67 bits per heavy atom. The molecule has 1 saturated heterocycles. The van der Waals surface area contributed by atoms with Gasteiger partial charge in [-0.1, -0.05) is 41.4 Å². The molecule has 7 nitrogen and oxygen atoms in total. The number of amides is 4. The molecule has 0 aliphatic carbocycles. The monoisotopic (exact) mass is 449 g/mol. The molecule has 0 unspecified atom stereocenters. The molecule has 0 bridgehead atoms. The van der Waals surface area contributed by atoms with Gasteiger partial charge in [0, 0.05) is 16.6 Å². The molecule has 1 heterocycles. The normalized spacial score (nSPS) is 18.3. The highest BCUT2D eigenvalue weighted by atomic mass is 35.5. The number of halogens is 2. The molecule has 4 amide bonds. The molecule has 2 aromatic rings. The van der Waals surface area contributed by atoms with E-state index in [0.717, 1.165) is 10.5 Å². The summed E-state index contributed by atoms with van der Waals surface area (Å²) in [4.78, 5) is 38.5. The van der Waals surface area contributed by atoms with Crippen molar-refractivity contribution in [2.24, 2.45) is 0 Å². The van der Waals surface area contributed by atoms with Gasteiger partial charge in [-0.3, -0.25) is 14.5 Å². The number of urea groups is 1. The first-order valence-electron chi connectivity index (χ1n) is 9.24. The van der Waals surface area contributed by atoms with Crippen LogP contribution in [0.5, 0.6) is 5.75 Å². The Kier molecular flexibility index (Phi) is 6.53. The summed E-state index contributed by atoms with van der Waals surface area (Å²) >= 11 is 12.0. The van der Waals surface area contributed by atoms with E-state index in [2.05, 4.69) is 10.6 Å². The quantitative estimate of drug-likeness (QED) is 0.635. The Morgan fingerprint density at radius 2 is 1.97 bits per heavy atom. The van der Waals surface area contributed by atoms with Gasteiger partial charge in [0.1, 0.15) is 17.8 Å². The summed E-state index contributed by atoms with van der Waals surface area (Å²) in [6.45, 7) is 1.53. The number of nitrogens with zero attached hydrogens (tertiary/aromatic N) is 1. The molecular formula is C21H21Cl2N3O4. The molecule has 30 heavy (non-hydrogen) atoms. The molecule has 1 aliphatic heterocycles. The highest BCUT2D eigenvalue weighted by Crippen LogP contribution is 2.30. The number of benzene rings is 2. The second-order valence-corrected chi connectivity index (χ2v) is 7.86. The molecule has 1 atom stereocenters. The van der Waals surface area contributed by atoms with Crippen molar-refractivity contribution in [1.82, 2.24) is 15.5 Å². The summed E-state index contributed by atoms with van der Waals surface area (Å²) in [5.74, 6) is -0.386. The largest absolute Gasteiger partial charge is 0.497 e. The lowest BCUT2D eigenvalue weighted by atomic mass is 9.92. The zero-order valence-corrected chi connectivity index (χ0v) is 18.0. The zero-order chi connectivity index (χ0) is 21.9. The summed E-state index contributed by atoms with van der Waals surface area (Å²) in [7, 11) is 1.52. The van der Waals surface area contributed by atoms with Crippen molar-refractivity contribution in [1.29, 1.82) is 0 Å². The molecule has 2 aromatic carbocycles. The Hall–Kier alpha value is -2.77. The third-order valence-corrected chi connectivity index (χ3v) is 5.54. The SMILES string of the molecule is COc1cccc([C@]2(C)NC(=O)N(CC(=O)NCCc3ccc(Cl)cc3Cl)C2=O)c1. The Morgan fingerprint density at radius 1 is 1.20 bits per heavy atom. The van der Waals surface area contributed by atoms with Crippen molar-refractivity contribution in [2.45, 2.75) is 18.9 Å². The van der Waals surface area contributed by atoms with Gasteiger partial charge in [0.25, 0.3) is 5.91 Å². The van der Waals surface area contributed by atoms with E-state index in [4.69, 9.17) is 27.9 Å². The van der Waals surface area contributed by atoms with E-state index in [0.29, 0.717) is 34.3 Å². The fraction of sp³-hybridized carbons (Fsp3) is 0.286. The fourth-order valence-electron chi connectivity index (χ4n) is 3.23. The van der Waals surface area contributed by atoms with Crippen LogP contribution in [0.15, 0.2) is 42.5 Å². The van der Waals surface area contributed by atoms with Crippen molar-refractivity contribution < 1.29 is 19.1 Å². The van der Waals surface area contributed by atoms with Crippen molar-refractivity contribution in [2.75, 3.05) is 20.2 Å². The van der Waals surface area contributed by atoms with E-state index >= 15 is 0 Å². The topological polar surface area (TPSA) is 87.7 Å². The lowest BCUT2D eigenvalue weighted by Crippen LogP contribution is -2.43. The van der Waals surface area contributed by atoms with Crippen LogP contribution in [0.1, 0.15) is 18.1 Å². The lowest BCUT2D eigenvalue weighted by molar-refractivity contribution is -0.134. The summed E-state index contributed by atoms with van der Waals surface area (Å²) < 4.78 is 5.19. The van der Waals surface area contributed by atoms with Crippen LogP contribution >= 0.6 is 23.2 Å². The van der Waals surface area contributed by atoms with Gasteiger partial charge in [-0.15, -0.1) is 0 Å².